The van der Waals surface area contributed by atoms with Crippen LogP contribution in [0.25, 0.3) is 16.9 Å². The van der Waals surface area contributed by atoms with Crippen LogP contribution in [-0.4, -0.2) is 47.6 Å². The predicted octanol–water partition coefficient (Wildman–Crippen LogP) is 3.46. The minimum absolute atomic E-state index is 0.0896. The molecule has 1 aromatic carbocycles. The van der Waals surface area contributed by atoms with Crippen molar-refractivity contribution >= 4 is 40.1 Å². The molecular weight excluding hydrogens is 463 g/mol. The summed E-state index contributed by atoms with van der Waals surface area (Å²) >= 11 is 12.2. The average molecular weight is 491 g/mol. The van der Waals surface area contributed by atoms with Crippen LogP contribution < -0.4 is 11.2 Å². The summed E-state index contributed by atoms with van der Waals surface area (Å²) in [7, 11) is 1.64. The number of nitrogens with zero attached hydrogens (tertiary/aromatic N) is 6. The number of likely N-dealkylation sites (N-methyl/N-ethyl adjacent to an activating group) is 1. The highest BCUT2D eigenvalue weighted by molar-refractivity contribution is 6.42. The average Bonchev–Trinajstić information content (AvgIpc) is 3.29. The molecule has 10 heteroatoms. The molecule has 0 amide bonds. The van der Waals surface area contributed by atoms with E-state index < -0.39 is 5.69 Å². The molecule has 0 fully saturated rings. The zero-order chi connectivity index (χ0) is 24.0. The van der Waals surface area contributed by atoms with Gasteiger partial charge in [-0.05, 0) is 44.6 Å². The van der Waals surface area contributed by atoms with Gasteiger partial charge in [-0.2, -0.15) is 4.98 Å². The van der Waals surface area contributed by atoms with Crippen LogP contribution in [0.2, 0.25) is 10.0 Å². The summed E-state index contributed by atoms with van der Waals surface area (Å²) in [6.45, 7) is 11.9. The maximum atomic E-state index is 13.6. The van der Waals surface area contributed by atoms with E-state index in [1.54, 1.807) is 25.2 Å². The lowest BCUT2D eigenvalue weighted by Gasteiger charge is -2.18. The highest BCUT2D eigenvalue weighted by Gasteiger charge is 2.23. The van der Waals surface area contributed by atoms with Gasteiger partial charge in [0.2, 0.25) is 5.78 Å². The summed E-state index contributed by atoms with van der Waals surface area (Å²) < 4.78 is 6.66. The minimum Gasteiger partial charge on any atom is -0.313 e. The summed E-state index contributed by atoms with van der Waals surface area (Å²) in [5, 5.41) is 0.800. The molecule has 0 saturated heterocycles. The van der Waals surface area contributed by atoms with Gasteiger partial charge in [-0.3, -0.25) is 18.3 Å². The van der Waals surface area contributed by atoms with E-state index in [2.05, 4.69) is 23.3 Å². The lowest BCUT2D eigenvalue weighted by atomic mass is 10.2. The Morgan fingerprint density at radius 1 is 1.00 bits per heavy atom. The molecule has 0 bridgehead atoms. The Morgan fingerprint density at radius 3 is 2.33 bits per heavy atom. The molecule has 0 radical (unpaired) electrons. The number of hydrogen-bond donors (Lipinski definition) is 0. The maximum absolute atomic E-state index is 13.6. The van der Waals surface area contributed by atoms with E-state index in [0.717, 1.165) is 37.6 Å². The van der Waals surface area contributed by atoms with Gasteiger partial charge >= 0.3 is 5.69 Å². The molecule has 4 aromatic rings. The third-order valence-electron chi connectivity index (χ3n) is 6.49. The van der Waals surface area contributed by atoms with E-state index in [0.29, 0.717) is 32.6 Å². The van der Waals surface area contributed by atoms with E-state index in [1.165, 1.54) is 9.13 Å². The number of hydrogen-bond acceptors (Lipinski definition) is 4. The second-order valence-corrected chi connectivity index (χ2v) is 9.06. The van der Waals surface area contributed by atoms with E-state index in [9.17, 15) is 9.59 Å². The summed E-state index contributed by atoms with van der Waals surface area (Å²) in [4.78, 5) is 33.7. The zero-order valence-corrected chi connectivity index (χ0v) is 21.0. The second kappa shape index (κ2) is 9.00. The van der Waals surface area contributed by atoms with Crippen molar-refractivity contribution in [3.05, 3.63) is 66.0 Å². The van der Waals surface area contributed by atoms with Crippen LogP contribution in [0.3, 0.4) is 0 Å². The van der Waals surface area contributed by atoms with Crippen molar-refractivity contribution in [2.45, 2.75) is 40.8 Å². The highest BCUT2D eigenvalue weighted by Crippen LogP contribution is 2.23. The van der Waals surface area contributed by atoms with Gasteiger partial charge in [-0.15, -0.1) is 0 Å². The van der Waals surface area contributed by atoms with Gasteiger partial charge < -0.3 is 9.47 Å². The van der Waals surface area contributed by atoms with Crippen LogP contribution in [0, 0.1) is 13.8 Å². The molecular formula is C23H28Cl2N6O2. The van der Waals surface area contributed by atoms with E-state index in [4.69, 9.17) is 28.2 Å². The van der Waals surface area contributed by atoms with E-state index in [1.807, 2.05) is 18.2 Å². The number of aryl methyl sites for hydroxylation is 2. The van der Waals surface area contributed by atoms with Gasteiger partial charge in [-0.25, -0.2) is 4.79 Å². The van der Waals surface area contributed by atoms with Crippen LogP contribution >= 0.6 is 23.2 Å². The minimum atomic E-state index is -0.427. The van der Waals surface area contributed by atoms with E-state index >= 15 is 0 Å². The first-order chi connectivity index (χ1) is 15.7. The van der Waals surface area contributed by atoms with Gasteiger partial charge in [0.15, 0.2) is 11.2 Å². The molecule has 0 atom stereocenters. The Morgan fingerprint density at radius 2 is 1.70 bits per heavy atom. The quantitative estimate of drug-likeness (QED) is 0.397. The molecule has 8 nitrogen and oxygen atoms in total. The summed E-state index contributed by atoms with van der Waals surface area (Å²) in [6, 6.07) is 5.09. The van der Waals surface area contributed by atoms with Crippen molar-refractivity contribution in [2.24, 2.45) is 7.05 Å². The van der Waals surface area contributed by atoms with Crippen molar-refractivity contribution in [1.29, 1.82) is 0 Å². The fourth-order valence-corrected chi connectivity index (χ4v) is 4.64. The molecule has 0 saturated carbocycles. The molecule has 4 rings (SSSR count). The van der Waals surface area contributed by atoms with Gasteiger partial charge in [0.25, 0.3) is 5.56 Å². The Bertz CT molecular complexity index is 1470. The number of aromatic nitrogens is 5. The summed E-state index contributed by atoms with van der Waals surface area (Å²) in [5.74, 6) is 0.673. The van der Waals surface area contributed by atoms with Crippen LogP contribution in [0.1, 0.15) is 30.8 Å². The topological polar surface area (TPSA) is 69.5 Å². The molecule has 176 valence electrons. The van der Waals surface area contributed by atoms with Gasteiger partial charge in [0.1, 0.15) is 0 Å². The number of benzene rings is 1. The molecule has 3 aromatic heterocycles. The Labute approximate surface area is 201 Å². The molecule has 0 unspecified atom stereocenters. The SMILES string of the molecule is CCN(CC)CCn1c(C)c(C)n2c3c(=O)n(Cc4ccc(Cl)c(Cl)c4)c(=O)n(C)c3nc12. The Balaban J connectivity index is 1.91. The molecule has 0 aliphatic carbocycles. The molecule has 33 heavy (non-hydrogen) atoms. The number of fused-ring (bicyclic) bond motifs is 3. The molecule has 0 aliphatic rings. The second-order valence-electron chi connectivity index (χ2n) is 8.25. The Kier molecular flexibility index (Phi) is 6.44. The van der Waals surface area contributed by atoms with Crippen molar-refractivity contribution in [1.82, 2.24) is 28.0 Å². The predicted molar refractivity (Wildman–Crippen MR) is 133 cm³/mol. The monoisotopic (exact) mass is 490 g/mol. The third-order valence-corrected chi connectivity index (χ3v) is 7.23. The molecule has 0 spiro atoms. The van der Waals surface area contributed by atoms with Crippen molar-refractivity contribution in [3.63, 3.8) is 0 Å². The van der Waals surface area contributed by atoms with Gasteiger partial charge in [-0.1, -0.05) is 43.1 Å². The maximum Gasteiger partial charge on any atom is 0.332 e. The fraction of sp³-hybridized carbons (Fsp3) is 0.435. The van der Waals surface area contributed by atoms with Gasteiger partial charge in [0, 0.05) is 31.5 Å². The van der Waals surface area contributed by atoms with Crippen molar-refractivity contribution in [3.8, 4) is 0 Å². The summed E-state index contributed by atoms with van der Waals surface area (Å²) in [5.41, 5.74) is 2.67. The first kappa shape index (κ1) is 23.6. The van der Waals surface area contributed by atoms with Crippen molar-refractivity contribution < 1.29 is 0 Å². The van der Waals surface area contributed by atoms with Crippen LogP contribution in [0.4, 0.5) is 0 Å². The first-order valence-electron chi connectivity index (χ1n) is 11.0. The number of rotatable bonds is 7. The fourth-order valence-electron chi connectivity index (χ4n) is 4.32. The van der Waals surface area contributed by atoms with Crippen LogP contribution in [0.15, 0.2) is 27.8 Å². The van der Waals surface area contributed by atoms with Crippen LogP contribution in [-0.2, 0) is 20.1 Å². The number of imidazole rings is 2. The van der Waals surface area contributed by atoms with E-state index in [-0.39, 0.29) is 12.1 Å². The first-order valence-corrected chi connectivity index (χ1v) is 11.8. The number of halogens is 2. The molecule has 0 N–H and O–H groups in total. The highest BCUT2D eigenvalue weighted by atomic mass is 35.5. The van der Waals surface area contributed by atoms with Gasteiger partial charge in [0.05, 0.1) is 16.6 Å². The van der Waals surface area contributed by atoms with Crippen LogP contribution in [0.5, 0.6) is 0 Å². The molecule has 0 aliphatic heterocycles. The lowest BCUT2D eigenvalue weighted by molar-refractivity contribution is 0.291. The normalized spacial score (nSPS) is 12.0. The third kappa shape index (κ3) is 3.90. The zero-order valence-electron chi connectivity index (χ0n) is 19.5. The lowest BCUT2D eigenvalue weighted by Crippen LogP contribution is -2.39. The Hall–Kier alpha value is -2.55. The summed E-state index contributed by atoms with van der Waals surface area (Å²) in [6.07, 6.45) is 0. The standard InChI is InChI=1S/C23H28Cl2N6O2/c1-6-28(7-2)10-11-29-14(3)15(4)31-19-20(26-22(29)31)27(5)23(33)30(21(19)32)13-16-8-9-17(24)18(25)12-16/h8-9,12H,6-7,10-11,13H2,1-5H3. The van der Waals surface area contributed by atoms with Crippen molar-refractivity contribution in [2.75, 3.05) is 19.6 Å². The largest absolute Gasteiger partial charge is 0.332 e. The smallest absolute Gasteiger partial charge is 0.313 e. The molecule has 3 heterocycles.